The van der Waals surface area contributed by atoms with E-state index in [1.165, 1.54) is 6.08 Å². The fourth-order valence-electron chi connectivity index (χ4n) is 1.32. The highest BCUT2D eigenvalue weighted by atomic mass is 127. The lowest BCUT2D eigenvalue weighted by Gasteiger charge is -2.06. The predicted molar refractivity (Wildman–Crippen MR) is 79.7 cm³/mol. The van der Waals surface area contributed by atoms with Crippen LogP contribution in [0.5, 0.6) is 5.75 Å². The van der Waals surface area contributed by atoms with Crippen molar-refractivity contribution in [2.75, 3.05) is 13.2 Å². The average Bonchev–Trinajstić information content (AvgIpc) is 2.36. The first-order valence-corrected chi connectivity index (χ1v) is 7.02. The van der Waals surface area contributed by atoms with Crippen LogP contribution in [0.15, 0.2) is 36.4 Å². The topological polar surface area (TPSA) is 35.5 Å². The zero-order valence-electron chi connectivity index (χ0n) is 10.4. The van der Waals surface area contributed by atoms with Gasteiger partial charge in [-0.3, -0.25) is 0 Å². The van der Waals surface area contributed by atoms with Gasteiger partial charge < -0.3 is 9.47 Å². The normalized spacial score (nSPS) is 10.6. The fourth-order valence-corrected chi connectivity index (χ4v) is 1.86. The Kier molecular flexibility index (Phi) is 7.48. The maximum atomic E-state index is 11.0. The van der Waals surface area contributed by atoms with E-state index in [2.05, 4.69) is 22.6 Å². The SMILES string of the molecule is CCOC(=O)/C=C/CCCOc1ccccc1I. The molecule has 98 valence electrons. The van der Waals surface area contributed by atoms with Crippen molar-refractivity contribution in [3.8, 4) is 5.75 Å². The molecule has 0 aliphatic rings. The van der Waals surface area contributed by atoms with Gasteiger partial charge in [0.2, 0.25) is 0 Å². The number of halogens is 1. The van der Waals surface area contributed by atoms with E-state index in [0.717, 1.165) is 22.2 Å². The molecule has 0 fully saturated rings. The number of esters is 1. The summed E-state index contributed by atoms with van der Waals surface area (Å²) in [5.41, 5.74) is 0. The van der Waals surface area contributed by atoms with Crippen molar-refractivity contribution in [1.82, 2.24) is 0 Å². The molecule has 0 spiro atoms. The van der Waals surface area contributed by atoms with Crippen LogP contribution in [0.3, 0.4) is 0 Å². The van der Waals surface area contributed by atoms with Crippen LogP contribution in [0.2, 0.25) is 0 Å². The predicted octanol–water partition coefficient (Wildman–Crippen LogP) is 3.57. The average molecular weight is 360 g/mol. The summed E-state index contributed by atoms with van der Waals surface area (Å²) in [6.45, 7) is 2.85. The number of hydrogen-bond donors (Lipinski definition) is 0. The van der Waals surface area contributed by atoms with Crippen LogP contribution in [0.25, 0.3) is 0 Å². The summed E-state index contributed by atoms with van der Waals surface area (Å²) in [5, 5.41) is 0. The molecule has 0 bridgehead atoms. The molecule has 4 heteroatoms. The number of carbonyl (C=O) groups excluding carboxylic acids is 1. The Morgan fingerprint density at radius 1 is 1.39 bits per heavy atom. The molecule has 0 N–H and O–H groups in total. The highest BCUT2D eigenvalue weighted by molar-refractivity contribution is 14.1. The molecule has 0 amide bonds. The van der Waals surface area contributed by atoms with E-state index in [1.807, 2.05) is 30.3 Å². The number of hydrogen-bond acceptors (Lipinski definition) is 3. The van der Waals surface area contributed by atoms with Crippen LogP contribution in [0, 0.1) is 3.57 Å². The Morgan fingerprint density at radius 3 is 2.89 bits per heavy atom. The van der Waals surface area contributed by atoms with Gasteiger partial charge in [-0.2, -0.15) is 0 Å². The van der Waals surface area contributed by atoms with Crippen molar-refractivity contribution in [1.29, 1.82) is 0 Å². The Labute approximate surface area is 121 Å². The van der Waals surface area contributed by atoms with E-state index in [4.69, 9.17) is 9.47 Å². The van der Waals surface area contributed by atoms with Crippen LogP contribution in [-0.4, -0.2) is 19.2 Å². The van der Waals surface area contributed by atoms with Gasteiger partial charge in [-0.1, -0.05) is 18.2 Å². The molecule has 1 aromatic rings. The summed E-state index contributed by atoms with van der Waals surface area (Å²) in [4.78, 5) is 11.0. The standard InChI is InChI=1S/C14H17IO3/c1-2-17-14(16)10-4-3-7-11-18-13-9-6-5-8-12(13)15/h4-6,8-10H,2-3,7,11H2,1H3/b10-4+. The van der Waals surface area contributed by atoms with Gasteiger partial charge in [0.1, 0.15) is 5.75 Å². The number of carbonyl (C=O) groups is 1. The molecule has 0 saturated heterocycles. The minimum Gasteiger partial charge on any atom is -0.492 e. The second-order valence-electron chi connectivity index (χ2n) is 3.58. The van der Waals surface area contributed by atoms with E-state index in [9.17, 15) is 4.79 Å². The van der Waals surface area contributed by atoms with Gasteiger partial charge >= 0.3 is 5.97 Å². The molecule has 0 aliphatic heterocycles. The van der Waals surface area contributed by atoms with Gasteiger partial charge in [-0.05, 0) is 54.5 Å². The zero-order chi connectivity index (χ0) is 13.2. The number of allylic oxidation sites excluding steroid dienone is 1. The Morgan fingerprint density at radius 2 is 2.17 bits per heavy atom. The molecule has 1 aromatic carbocycles. The van der Waals surface area contributed by atoms with Crippen molar-refractivity contribution in [3.63, 3.8) is 0 Å². The zero-order valence-corrected chi connectivity index (χ0v) is 12.6. The fraction of sp³-hybridized carbons (Fsp3) is 0.357. The molecule has 0 atom stereocenters. The molecule has 3 nitrogen and oxygen atoms in total. The minimum atomic E-state index is -0.281. The molecule has 0 aromatic heterocycles. The molecule has 0 saturated carbocycles. The van der Waals surface area contributed by atoms with Gasteiger partial charge in [0.15, 0.2) is 0 Å². The summed E-state index contributed by atoms with van der Waals surface area (Å²) in [6.07, 6.45) is 4.97. The molecule has 0 unspecified atom stereocenters. The van der Waals surface area contributed by atoms with Crippen LogP contribution >= 0.6 is 22.6 Å². The highest BCUT2D eigenvalue weighted by Crippen LogP contribution is 2.19. The number of ether oxygens (including phenoxy) is 2. The summed E-state index contributed by atoms with van der Waals surface area (Å²) in [7, 11) is 0. The van der Waals surface area contributed by atoms with Gasteiger partial charge in [0.25, 0.3) is 0 Å². The van der Waals surface area contributed by atoms with Gasteiger partial charge in [-0.15, -0.1) is 0 Å². The van der Waals surface area contributed by atoms with Gasteiger partial charge in [0.05, 0.1) is 16.8 Å². The summed E-state index contributed by atoms with van der Waals surface area (Å²) < 4.78 is 11.5. The van der Waals surface area contributed by atoms with E-state index in [-0.39, 0.29) is 5.97 Å². The first kappa shape index (κ1) is 15.0. The number of rotatable bonds is 7. The Balaban J connectivity index is 2.16. The Bertz CT molecular complexity index is 402. The molecular formula is C14H17IO3. The van der Waals surface area contributed by atoms with E-state index < -0.39 is 0 Å². The van der Waals surface area contributed by atoms with E-state index in [0.29, 0.717) is 13.2 Å². The Hall–Kier alpha value is -1.04. The lowest BCUT2D eigenvalue weighted by molar-refractivity contribution is -0.137. The molecule has 18 heavy (non-hydrogen) atoms. The van der Waals surface area contributed by atoms with Gasteiger partial charge in [0, 0.05) is 6.08 Å². The molecule has 1 rings (SSSR count). The summed E-state index contributed by atoms with van der Waals surface area (Å²) >= 11 is 2.25. The van der Waals surface area contributed by atoms with Crippen LogP contribution in [0.4, 0.5) is 0 Å². The van der Waals surface area contributed by atoms with Crippen molar-refractivity contribution in [2.45, 2.75) is 19.8 Å². The maximum absolute atomic E-state index is 11.0. The van der Waals surface area contributed by atoms with E-state index in [1.54, 1.807) is 6.92 Å². The van der Waals surface area contributed by atoms with Crippen LogP contribution in [-0.2, 0) is 9.53 Å². The van der Waals surface area contributed by atoms with Crippen molar-refractivity contribution < 1.29 is 14.3 Å². The first-order valence-electron chi connectivity index (χ1n) is 5.94. The van der Waals surface area contributed by atoms with E-state index >= 15 is 0 Å². The van der Waals surface area contributed by atoms with Crippen molar-refractivity contribution in [3.05, 3.63) is 40.0 Å². The van der Waals surface area contributed by atoms with Crippen LogP contribution in [0.1, 0.15) is 19.8 Å². The van der Waals surface area contributed by atoms with Gasteiger partial charge in [-0.25, -0.2) is 4.79 Å². The maximum Gasteiger partial charge on any atom is 0.330 e. The molecule has 0 radical (unpaired) electrons. The lowest BCUT2D eigenvalue weighted by atomic mass is 10.3. The van der Waals surface area contributed by atoms with Crippen molar-refractivity contribution >= 4 is 28.6 Å². The molecule has 0 heterocycles. The highest BCUT2D eigenvalue weighted by Gasteiger charge is 1.98. The lowest BCUT2D eigenvalue weighted by Crippen LogP contribution is -2.00. The van der Waals surface area contributed by atoms with Crippen molar-refractivity contribution in [2.24, 2.45) is 0 Å². The number of benzene rings is 1. The minimum absolute atomic E-state index is 0.281. The largest absolute Gasteiger partial charge is 0.492 e. The van der Waals surface area contributed by atoms with Crippen LogP contribution < -0.4 is 4.74 Å². The second kappa shape index (κ2) is 8.97. The number of unbranched alkanes of at least 4 members (excludes halogenated alkanes) is 1. The third kappa shape index (κ3) is 6.05. The summed E-state index contributed by atoms with van der Waals surface area (Å²) in [5.74, 6) is 0.628. The third-order valence-electron chi connectivity index (χ3n) is 2.15. The smallest absolute Gasteiger partial charge is 0.330 e. The monoisotopic (exact) mass is 360 g/mol. The molecular weight excluding hydrogens is 343 g/mol. The quantitative estimate of drug-likeness (QED) is 0.323. The second-order valence-corrected chi connectivity index (χ2v) is 4.74. The summed E-state index contributed by atoms with van der Waals surface area (Å²) in [6, 6.07) is 7.90. The molecule has 0 aliphatic carbocycles. The number of para-hydroxylation sites is 1. The third-order valence-corrected chi connectivity index (χ3v) is 3.04. The first-order chi connectivity index (χ1) is 8.74.